The maximum absolute atomic E-state index is 9.40. The lowest BCUT2D eigenvalue weighted by Gasteiger charge is -2.00. The molecule has 3 nitrogen and oxygen atoms in total. The van der Waals surface area contributed by atoms with E-state index in [0.29, 0.717) is 0 Å². The molecule has 0 aliphatic heterocycles. The van der Waals surface area contributed by atoms with Crippen molar-refractivity contribution in [2.24, 2.45) is 0 Å². The SMILES string of the molecule is OCc1cccn2cc(-c3ccc4ccccc4c3)nc12. The van der Waals surface area contributed by atoms with Crippen LogP contribution in [0.4, 0.5) is 0 Å². The van der Waals surface area contributed by atoms with E-state index < -0.39 is 0 Å². The highest BCUT2D eigenvalue weighted by atomic mass is 16.3. The molecule has 2 aromatic carbocycles. The van der Waals surface area contributed by atoms with Gasteiger partial charge in [0.1, 0.15) is 5.65 Å². The quantitative estimate of drug-likeness (QED) is 0.606. The van der Waals surface area contributed by atoms with Gasteiger partial charge in [-0.05, 0) is 22.9 Å². The van der Waals surface area contributed by atoms with Gasteiger partial charge in [-0.3, -0.25) is 0 Å². The van der Waals surface area contributed by atoms with Gasteiger partial charge in [0, 0.05) is 23.5 Å². The summed E-state index contributed by atoms with van der Waals surface area (Å²) in [5, 5.41) is 11.8. The van der Waals surface area contributed by atoms with Crippen LogP contribution in [0.15, 0.2) is 67.0 Å². The van der Waals surface area contributed by atoms with Gasteiger partial charge in [-0.2, -0.15) is 0 Å². The number of aromatic nitrogens is 2. The summed E-state index contributed by atoms with van der Waals surface area (Å²) in [6.45, 7) is -0.00147. The zero-order valence-corrected chi connectivity index (χ0v) is 11.4. The fraction of sp³-hybridized carbons (Fsp3) is 0.0556. The molecule has 2 heterocycles. The Labute approximate surface area is 122 Å². The van der Waals surface area contributed by atoms with Gasteiger partial charge < -0.3 is 9.51 Å². The summed E-state index contributed by atoms with van der Waals surface area (Å²) in [6, 6.07) is 18.5. The second-order valence-electron chi connectivity index (χ2n) is 5.11. The highest BCUT2D eigenvalue weighted by Gasteiger charge is 2.08. The van der Waals surface area contributed by atoms with Crippen LogP contribution in [0.25, 0.3) is 27.7 Å². The molecule has 0 fully saturated rings. The summed E-state index contributed by atoms with van der Waals surface area (Å²) in [6.07, 6.45) is 3.95. The van der Waals surface area contributed by atoms with Gasteiger partial charge in [0.15, 0.2) is 0 Å². The lowest BCUT2D eigenvalue weighted by molar-refractivity contribution is 0.282. The minimum Gasteiger partial charge on any atom is -0.392 e. The van der Waals surface area contributed by atoms with Crippen LogP contribution in [-0.4, -0.2) is 14.5 Å². The first kappa shape index (κ1) is 12.1. The summed E-state index contributed by atoms with van der Waals surface area (Å²) < 4.78 is 1.95. The normalized spacial score (nSPS) is 11.3. The Bertz CT molecular complexity index is 940. The zero-order valence-electron chi connectivity index (χ0n) is 11.4. The summed E-state index contributed by atoms with van der Waals surface area (Å²) >= 11 is 0. The van der Waals surface area contributed by atoms with Crippen molar-refractivity contribution < 1.29 is 5.11 Å². The van der Waals surface area contributed by atoms with Crippen LogP contribution in [0.2, 0.25) is 0 Å². The minimum absolute atomic E-state index is 0.00147. The molecule has 0 bridgehead atoms. The second-order valence-corrected chi connectivity index (χ2v) is 5.11. The van der Waals surface area contributed by atoms with Crippen molar-refractivity contribution in [3.8, 4) is 11.3 Å². The van der Waals surface area contributed by atoms with Gasteiger partial charge in [-0.1, -0.05) is 42.5 Å². The highest BCUT2D eigenvalue weighted by Crippen LogP contribution is 2.25. The molecule has 0 aliphatic rings. The maximum atomic E-state index is 9.40. The van der Waals surface area contributed by atoms with Crippen molar-refractivity contribution in [1.82, 2.24) is 9.38 Å². The van der Waals surface area contributed by atoms with Gasteiger partial charge in [-0.25, -0.2) is 4.98 Å². The van der Waals surface area contributed by atoms with Crippen LogP contribution >= 0.6 is 0 Å². The van der Waals surface area contributed by atoms with Crippen molar-refractivity contribution in [2.75, 3.05) is 0 Å². The van der Waals surface area contributed by atoms with Gasteiger partial charge in [0.25, 0.3) is 0 Å². The van der Waals surface area contributed by atoms with E-state index in [1.54, 1.807) is 0 Å². The maximum Gasteiger partial charge on any atom is 0.142 e. The van der Waals surface area contributed by atoms with E-state index in [9.17, 15) is 5.11 Å². The van der Waals surface area contributed by atoms with E-state index in [2.05, 4.69) is 35.3 Å². The van der Waals surface area contributed by atoms with Crippen LogP contribution < -0.4 is 0 Å². The monoisotopic (exact) mass is 274 g/mol. The largest absolute Gasteiger partial charge is 0.392 e. The number of rotatable bonds is 2. The van der Waals surface area contributed by atoms with Gasteiger partial charge in [0.2, 0.25) is 0 Å². The van der Waals surface area contributed by atoms with E-state index >= 15 is 0 Å². The van der Waals surface area contributed by atoms with Crippen molar-refractivity contribution in [2.45, 2.75) is 6.61 Å². The van der Waals surface area contributed by atoms with Crippen LogP contribution in [0.1, 0.15) is 5.56 Å². The number of hydrogen-bond acceptors (Lipinski definition) is 2. The van der Waals surface area contributed by atoms with Crippen molar-refractivity contribution in [3.63, 3.8) is 0 Å². The van der Waals surface area contributed by atoms with E-state index in [1.807, 2.05) is 41.1 Å². The topological polar surface area (TPSA) is 37.5 Å². The van der Waals surface area contributed by atoms with E-state index in [4.69, 9.17) is 0 Å². The number of fused-ring (bicyclic) bond motifs is 2. The Kier molecular flexibility index (Phi) is 2.72. The molecule has 0 atom stereocenters. The van der Waals surface area contributed by atoms with Gasteiger partial charge in [0.05, 0.1) is 12.3 Å². The predicted molar refractivity (Wildman–Crippen MR) is 84.1 cm³/mol. The van der Waals surface area contributed by atoms with E-state index in [0.717, 1.165) is 22.5 Å². The fourth-order valence-corrected chi connectivity index (χ4v) is 2.68. The molecule has 4 rings (SSSR count). The third-order valence-corrected chi connectivity index (χ3v) is 3.78. The molecule has 0 amide bonds. The van der Waals surface area contributed by atoms with E-state index in [-0.39, 0.29) is 6.61 Å². The molecule has 2 aromatic heterocycles. The van der Waals surface area contributed by atoms with Crippen LogP contribution in [0.5, 0.6) is 0 Å². The molecule has 0 aliphatic carbocycles. The first-order valence-electron chi connectivity index (χ1n) is 6.92. The smallest absolute Gasteiger partial charge is 0.142 e. The average molecular weight is 274 g/mol. The van der Waals surface area contributed by atoms with Crippen molar-refractivity contribution in [1.29, 1.82) is 0 Å². The molecule has 0 radical (unpaired) electrons. The highest BCUT2D eigenvalue weighted by molar-refractivity contribution is 5.87. The standard InChI is InChI=1S/C18H14N2O/c21-12-16-6-3-9-20-11-17(19-18(16)20)15-8-7-13-4-1-2-5-14(13)10-15/h1-11,21H,12H2. The Hall–Kier alpha value is -2.65. The van der Waals surface area contributed by atoms with Crippen LogP contribution in [-0.2, 0) is 6.61 Å². The predicted octanol–water partition coefficient (Wildman–Crippen LogP) is 3.65. The zero-order chi connectivity index (χ0) is 14.2. The second kappa shape index (κ2) is 4.72. The summed E-state index contributed by atoms with van der Waals surface area (Å²) in [5.41, 5.74) is 3.65. The third kappa shape index (κ3) is 1.99. The third-order valence-electron chi connectivity index (χ3n) is 3.78. The summed E-state index contributed by atoms with van der Waals surface area (Å²) in [7, 11) is 0. The van der Waals surface area contributed by atoms with E-state index in [1.165, 1.54) is 10.8 Å². The number of aliphatic hydroxyl groups is 1. The molecular weight excluding hydrogens is 260 g/mol. The van der Waals surface area contributed by atoms with Crippen molar-refractivity contribution in [3.05, 3.63) is 72.6 Å². The molecule has 0 unspecified atom stereocenters. The molecular formula is C18H14N2O. The number of nitrogens with zero attached hydrogens (tertiary/aromatic N) is 2. The molecule has 0 saturated carbocycles. The Balaban J connectivity index is 1.91. The number of pyridine rings is 1. The van der Waals surface area contributed by atoms with Gasteiger partial charge in [-0.15, -0.1) is 0 Å². The minimum atomic E-state index is -0.00147. The molecule has 3 heteroatoms. The number of hydrogen-bond donors (Lipinski definition) is 1. The summed E-state index contributed by atoms with van der Waals surface area (Å²) in [4.78, 5) is 4.66. The first-order chi connectivity index (χ1) is 10.3. The average Bonchev–Trinajstić information content (AvgIpc) is 2.98. The summed E-state index contributed by atoms with van der Waals surface area (Å²) in [5.74, 6) is 0. The fourth-order valence-electron chi connectivity index (χ4n) is 2.68. The Morgan fingerprint density at radius 1 is 0.952 bits per heavy atom. The molecule has 4 aromatic rings. The molecule has 102 valence electrons. The molecule has 21 heavy (non-hydrogen) atoms. The van der Waals surface area contributed by atoms with Crippen molar-refractivity contribution >= 4 is 16.4 Å². The number of aliphatic hydroxyl groups excluding tert-OH is 1. The number of benzene rings is 2. The Morgan fingerprint density at radius 3 is 2.67 bits per heavy atom. The molecule has 0 spiro atoms. The number of imidazole rings is 1. The van der Waals surface area contributed by atoms with Gasteiger partial charge >= 0.3 is 0 Å². The van der Waals surface area contributed by atoms with Crippen LogP contribution in [0, 0.1) is 0 Å². The lowest BCUT2D eigenvalue weighted by atomic mass is 10.1. The Morgan fingerprint density at radius 2 is 1.81 bits per heavy atom. The first-order valence-corrected chi connectivity index (χ1v) is 6.92. The molecule has 0 saturated heterocycles. The van der Waals surface area contributed by atoms with Crippen LogP contribution in [0.3, 0.4) is 0 Å². The molecule has 1 N–H and O–H groups in total. The lowest BCUT2D eigenvalue weighted by Crippen LogP contribution is -1.90.